The van der Waals surface area contributed by atoms with Gasteiger partial charge >= 0.3 is 0 Å². The highest BCUT2D eigenvalue weighted by Gasteiger charge is 2.47. The van der Waals surface area contributed by atoms with E-state index >= 15 is 0 Å². The maximum Gasteiger partial charge on any atom is 0.296 e. The molecule has 0 saturated carbocycles. The Morgan fingerprint density at radius 3 is 2.39 bits per heavy atom. The second-order valence-electron chi connectivity index (χ2n) is 7.89. The molecule has 1 unspecified atom stereocenters. The number of aliphatic hydroxyl groups excluding tert-OH is 1. The molecule has 0 aliphatic carbocycles. The number of nitrogens with zero attached hydrogens (tertiary/aromatic N) is 1. The van der Waals surface area contributed by atoms with Crippen LogP contribution in [0.1, 0.15) is 34.1 Å². The minimum atomic E-state index is -0.854. The normalized spacial score (nSPS) is 17.5. The number of carbonyl (C=O) groups is 2. The van der Waals surface area contributed by atoms with Gasteiger partial charge in [-0.3, -0.25) is 9.59 Å². The van der Waals surface area contributed by atoms with Crippen LogP contribution in [0, 0.1) is 13.8 Å². The third kappa shape index (κ3) is 3.86. The number of rotatable bonds is 6. The van der Waals surface area contributed by atoms with Gasteiger partial charge in [-0.25, -0.2) is 0 Å². The van der Waals surface area contributed by atoms with Crippen molar-refractivity contribution < 1.29 is 28.6 Å². The van der Waals surface area contributed by atoms with E-state index in [9.17, 15) is 14.7 Å². The van der Waals surface area contributed by atoms with Gasteiger partial charge in [0.25, 0.3) is 11.7 Å². The molecule has 170 valence electrons. The monoisotopic (exact) mass is 447 g/mol. The minimum Gasteiger partial charge on any atom is -0.507 e. The van der Waals surface area contributed by atoms with E-state index in [0.29, 0.717) is 33.9 Å². The molecule has 0 bridgehead atoms. The molecule has 1 fully saturated rings. The van der Waals surface area contributed by atoms with Crippen molar-refractivity contribution in [1.29, 1.82) is 0 Å². The second-order valence-corrected chi connectivity index (χ2v) is 7.89. The Morgan fingerprint density at radius 1 is 1.00 bits per heavy atom. The molecule has 1 aliphatic rings. The molecule has 7 nitrogen and oxygen atoms in total. The van der Waals surface area contributed by atoms with Gasteiger partial charge in [0.15, 0.2) is 0 Å². The summed E-state index contributed by atoms with van der Waals surface area (Å²) >= 11 is 0. The third-order valence-electron chi connectivity index (χ3n) is 5.88. The lowest BCUT2D eigenvalue weighted by Gasteiger charge is -2.26. The van der Waals surface area contributed by atoms with Crippen LogP contribution in [-0.2, 0) is 16.1 Å². The van der Waals surface area contributed by atoms with Gasteiger partial charge in [-0.05, 0) is 55.3 Å². The van der Waals surface area contributed by atoms with Gasteiger partial charge in [0.05, 0.1) is 38.6 Å². The summed E-state index contributed by atoms with van der Waals surface area (Å²) in [5.41, 5.74) is 2.57. The summed E-state index contributed by atoms with van der Waals surface area (Å²) in [7, 11) is 3.09. The predicted octanol–water partition coefficient (Wildman–Crippen LogP) is 4.54. The van der Waals surface area contributed by atoms with E-state index in [2.05, 4.69) is 0 Å². The van der Waals surface area contributed by atoms with Crippen LogP contribution in [0.15, 0.2) is 64.8 Å². The van der Waals surface area contributed by atoms with Crippen LogP contribution in [0.5, 0.6) is 11.5 Å². The molecule has 33 heavy (non-hydrogen) atoms. The molecule has 2 heterocycles. The van der Waals surface area contributed by atoms with Gasteiger partial charge in [-0.15, -0.1) is 0 Å². The number of aryl methyl sites for hydroxylation is 2. The van der Waals surface area contributed by atoms with Crippen LogP contribution >= 0.6 is 0 Å². The van der Waals surface area contributed by atoms with Gasteiger partial charge in [-0.1, -0.05) is 18.2 Å². The van der Waals surface area contributed by atoms with Crippen LogP contribution in [0.25, 0.3) is 5.76 Å². The number of Topliss-reactive ketones (excluding diaryl/α,β-unsaturated/α-hetero) is 1. The van der Waals surface area contributed by atoms with Crippen molar-refractivity contribution in [1.82, 2.24) is 4.90 Å². The van der Waals surface area contributed by atoms with E-state index in [4.69, 9.17) is 13.9 Å². The summed E-state index contributed by atoms with van der Waals surface area (Å²) in [6, 6.07) is 13.3. The molecule has 1 atom stereocenters. The zero-order valence-electron chi connectivity index (χ0n) is 18.9. The largest absolute Gasteiger partial charge is 0.507 e. The number of likely N-dealkylation sites (tertiary alicyclic amines) is 1. The molecule has 7 heteroatoms. The molecular formula is C26H25NO6. The Morgan fingerprint density at radius 2 is 1.73 bits per heavy atom. The standard InChI is InChI=1S/C26H25NO6/c1-15-13-21(32-4)16(2)12-19(15)24(28)22-23(18-9-5-6-10-20(18)31-3)27(26(30)25(22)29)14-17-8-7-11-33-17/h5-13,23,28H,14H2,1-4H3/b24-22+. The SMILES string of the molecule is COc1cc(C)c(/C(O)=C2\C(=O)C(=O)N(Cc3ccco3)C2c2ccccc2OC)cc1C. The number of hydrogen-bond acceptors (Lipinski definition) is 6. The Hall–Kier alpha value is -4.00. The van der Waals surface area contributed by atoms with E-state index in [1.807, 2.05) is 13.8 Å². The highest BCUT2D eigenvalue weighted by Crippen LogP contribution is 2.44. The zero-order valence-corrected chi connectivity index (χ0v) is 18.9. The maximum atomic E-state index is 13.3. The fourth-order valence-corrected chi connectivity index (χ4v) is 4.24. The Balaban J connectivity index is 1.94. The fourth-order valence-electron chi connectivity index (χ4n) is 4.24. The number of benzene rings is 2. The van der Waals surface area contributed by atoms with E-state index in [1.165, 1.54) is 18.3 Å². The summed E-state index contributed by atoms with van der Waals surface area (Å²) in [5, 5.41) is 11.4. The first-order valence-corrected chi connectivity index (χ1v) is 10.5. The molecule has 1 saturated heterocycles. The summed E-state index contributed by atoms with van der Waals surface area (Å²) in [6.45, 7) is 3.73. The highest BCUT2D eigenvalue weighted by atomic mass is 16.5. The van der Waals surface area contributed by atoms with Crippen molar-refractivity contribution in [2.75, 3.05) is 14.2 Å². The summed E-state index contributed by atoms with van der Waals surface area (Å²) in [5.74, 6) is -0.0248. The van der Waals surface area contributed by atoms with E-state index in [-0.39, 0.29) is 17.9 Å². The second kappa shape index (κ2) is 8.86. The number of methoxy groups -OCH3 is 2. The maximum absolute atomic E-state index is 13.3. The number of ketones is 1. The average molecular weight is 447 g/mol. The van der Waals surface area contributed by atoms with Gasteiger partial charge in [-0.2, -0.15) is 0 Å². The number of carbonyl (C=O) groups excluding carboxylic acids is 2. The summed E-state index contributed by atoms with van der Waals surface area (Å²) < 4.78 is 16.3. The van der Waals surface area contributed by atoms with Crippen LogP contribution in [0.2, 0.25) is 0 Å². The first-order valence-electron chi connectivity index (χ1n) is 10.5. The lowest BCUT2D eigenvalue weighted by atomic mass is 9.92. The number of para-hydroxylation sites is 1. The Kier molecular flexibility index (Phi) is 5.96. The van der Waals surface area contributed by atoms with Gasteiger partial charge in [0.1, 0.15) is 23.0 Å². The molecule has 1 N–H and O–H groups in total. The van der Waals surface area contributed by atoms with Crippen LogP contribution in [0.4, 0.5) is 0 Å². The molecule has 4 rings (SSSR count). The van der Waals surface area contributed by atoms with E-state index in [0.717, 1.165) is 5.56 Å². The lowest BCUT2D eigenvalue weighted by Crippen LogP contribution is -2.29. The topological polar surface area (TPSA) is 89.2 Å². The Bertz CT molecular complexity index is 1240. The molecule has 0 spiro atoms. The first-order chi connectivity index (χ1) is 15.9. The number of hydrogen-bond donors (Lipinski definition) is 1. The smallest absolute Gasteiger partial charge is 0.296 e. The number of furan rings is 1. The fraction of sp³-hybridized carbons (Fsp3) is 0.231. The van der Waals surface area contributed by atoms with Crippen molar-refractivity contribution in [2.45, 2.75) is 26.4 Å². The van der Waals surface area contributed by atoms with Crippen LogP contribution < -0.4 is 9.47 Å². The predicted molar refractivity (Wildman–Crippen MR) is 122 cm³/mol. The van der Waals surface area contributed by atoms with E-state index < -0.39 is 17.7 Å². The van der Waals surface area contributed by atoms with Crippen molar-refractivity contribution in [3.05, 3.63) is 88.4 Å². The quantitative estimate of drug-likeness (QED) is 0.339. The first kappa shape index (κ1) is 22.2. The molecule has 0 radical (unpaired) electrons. The Labute approximate surface area is 191 Å². The number of ether oxygens (including phenoxy) is 2. The number of aliphatic hydroxyl groups is 1. The van der Waals surface area contributed by atoms with Gasteiger partial charge in [0.2, 0.25) is 0 Å². The van der Waals surface area contributed by atoms with Crippen molar-refractivity contribution in [3.8, 4) is 11.5 Å². The van der Waals surface area contributed by atoms with Crippen molar-refractivity contribution >= 4 is 17.4 Å². The molecule has 1 amide bonds. The molecule has 2 aromatic carbocycles. The van der Waals surface area contributed by atoms with Gasteiger partial charge < -0.3 is 23.9 Å². The molecule has 3 aromatic rings. The lowest BCUT2D eigenvalue weighted by molar-refractivity contribution is -0.140. The summed E-state index contributed by atoms with van der Waals surface area (Å²) in [6.07, 6.45) is 1.51. The van der Waals surface area contributed by atoms with Crippen LogP contribution in [0.3, 0.4) is 0 Å². The van der Waals surface area contributed by atoms with Crippen LogP contribution in [-0.4, -0.2) is 35.9 Å². The van der Waals surface area contributed by atoms with Crippen molar-refractivity contribution in [3.63, 3.8) is 0 Å². The molecule has 1 aromatic heterocycles. The average Bonchev–Trinajstić information content (AvgIpc) is 3.42. The molecular weight excluding hydrogens is 422 g/mol. The third-order valence-corrected chi connectivity index (χ3v) is 5.88. The van der Waals surface area contributed by atoms with Gasteiger partial charge in [0, 0.05) is 11.1 Å². The highest BCUT2D eigenvalue weighted by molar-refractivity contribution is 6.46. The van der Waals surface area contributed by atoms with Crippen molar-refractivity contribution in [2.24, 2.45) is 0 Å². The number of amides is 1. The molecule has 1 aliphatic heterocycles. The van der Waals surface area contributed by atoms with E-state index in [1.54, 1.807) is 55.6 Å². The minimum absolute atomic E-state index is 0.00345. The zero-order chi connectivity index (χ0) is 23.7. The summed E-state index contributed by atoms with van der Waals surface area (Å²) in [4.78, 5) is 27.8.